The summed E-state index contributed by atoms with van der Waals surface area (Å²) in [6.45, 7) is 7.36. The molecule has 0 radical (unpaired) electrons. The van der Waals surface area contributed by atoms with Gasteiger partial charge in [-0.1, -0.05) is 39.0 Å². The van der Waals surface area contributed by atoms with Gasteiger partial charge in [-0.3, -0.25) is 4.79 Å². The molecule has 37 heavy (non-hydrogen) atoms. The van der Waals surface area contributed by atoms with E-state index in [4.69, 9.17) is 14.2 Å². The molecule has 5 rings (SSSR count). The number of hydrogen-bond donors (Lipinski definition) is 3. The molecule has 0 unspecified atom stereocenters. The lowest BCUT2D eigenvalue weighted by Crippen LogP contribution is -2.65. The van der Waals surface area contributed by atoms with E-state index in [2.05, 4.69) is 13.8 Å². The monoisotopic (exact) mass is 512 g/mol. The highest BCUT2D eigenvalue weighted by atomic mass is 16.6. The smallest absolute Gasteiger partial charge is 0.346 e. The Morgan fingerprint density at radius 1 is 1.16 bits per heavy atom. The first-order valence-corrected chi connectivity index (χ1v) is 12.8. The molecular weight excluding hydrogens is 476 g/mol. The van der Waals surface area contributed by atoms with Crippen LogP contribution in [0.2, 0.25) is 0 Å². The van der Waals surface area contributed by atoms with Crippen LogP contribution in [-0.2, 0) is 9.53 Å². The lowest BCUT2D eigenvalue weighted by atomic mass is 9.59. The summed E-state index contributed by atoms with van der Waals surface area (Å²) in [4.78, 5) is 28.0. The van der Waals surface area contributed by atoms with Crippen molar-refractivity contribution >= 4 is 11.8 Å². The summed E-state index contributed by atoms with van der Waals surface area (Å²) in [6.07, 6.45) is 1.08. The fourth-order valence-corrected chi connectivity index (χ4v) is 7.81. The molecule has 0 saturated heterocycles. The lowest BCUT2D eigenvalue weighted by Gasteiger charge is -2.48. The Labute approximate surface area is 216 Å². The Bertz CT molecular complexity index is 1190. The quantitative estimate of drug-likeness (QED) is 0.407. The maximum absolute atomic E-state index is 14.4. The minimum atomic E-state index is -2.21. The summed E-state index contributed by atoms with van der Waals surface area (Å²) >= 11 is 0. The minimum Gasteiger partial charge on any atom is -0.496 e. The molecule has 8 nitrogen and oxygen atoms in total. The van der Waals surface area contributed by atoms with Gasteiger partial charge < -0.3 is 29.5 Å². The summed E-state index contributed by atoms with van der Waals surface area (Å²) in [5, 5.41) is 34.4. The summed E-state index contributed by atoms with van der Waals surface area (Å²) < 4.78 is 16.7. The first kappa shape index (κ1) is 25.9. The van der Waals surface area contributed by atoms with Gasteiger partial charge in [0.1, 0.15) is 23.2 Å². The molecule has 0 aromatic heterocycles. The van der Waals surface area contributed by atoms with E-state index >= 15 is 0 Å². The Morgan fingerprint density at radius 2 is 1.78 bits per heavy atom. The van der Waals surface area contributed by atoms with Crippen molar-refractivity contribution in [3.63, 3.8) is 0 Å². The van der Waals surface area contributed by atoms with Crippen LogP contribution in [0.4, 0.5) is 0 Å². The van der Waals surface area contributed by atoms with Crippen LogP contribution in [0.15, 0.2) is 41.5 Å². The third-order valence-electron chi connectivity index (χ3n) is 9.75. The van der Waals surface area contributed by atoms with Crippen molar-refractivity contribution in [2.24, 2.45) is 34.5 Å². The van der Waals surface area contributed by atoms with Gasteiger partial charge in [0, 0.05) is 5.92 Å². The number of ketones is 1. The number of benzene rings is 1. The Kier molecular flexibility index (Phi) is 5.90. The van der Waals surface area contributed by atoms with Gasteiger partial charge in [-0.25, -0.2) is 4.79 Å². The number of rotatable bonds is 5. The Hall–Kier alpha value is -2.68. The van der Waals surface area contributed by atoms with Crippen LogP contribution in [0.5, 0.6) is 11.5 Å². The van der Waals surface area contributed by atoms with Crippen LogP contribution in [-0.4, -0.2) is 65.7 Å². The van der Waals surface area contributed by atoms with E-state index in [-0.39, 0.29) is 51.6 Å². The van der Waals surface area contributed by atoms with Crippen molar-refractivity contribution in [2.45, 2.75) is 51.9 Å². The first-order chi connectivity index (χ1) is 17.4. The van der Waals surface area contributed by atoms with Crippen LogP contribution < -0.4 is 9.47 Å². The zero-order valence-electron chi connectivity index (χ0n) is 22.1. The van der Waals surface area contributed by atoms with Crippen LogP contribution in [0.3, 0.4) is 0 Å². The van der Waals surface area contributed by atoms with Crippen molar-refractivity contribution in [1.82, 2.24) is 0 Å². The van der Waals surface area contributed by atoms with Gasteiger partial charge in [-0.15, -0.1) is 0 Å². The SMILES string of the molecule is COc1cccc(OC)c1C(=O)O[C@H]1C(C)=C[C@]23C(=O)[C@@H](C=C(CO)[C@@H](O)[C@]12O)[C@H]1[C@@H](C[C@H]3C)C1(C)C. The van der Waals surface area contributed by atoms with Crippen molar-refractivity contribution < 1.29 is 39.1 Å². The highest BCUT2D eigenvalue weighted by Gasteiger charge is 2.76. The summed E-state index contributed by atoms with van der Waals surface area (Å²) in [5.74, 6) is -1.17. The number of aliphatic hydroxyl groups excluding tert-OH is 2. The molecule has 1 spiro atoms. The number of carbonyl (C=O) groups is 2. The summed E-state index contributed by atoms with van der Waals surface area (Å²) in [7, 11) is 2.84. The number of carbonyl (C=O) groups excluding carboxylic acids is 2. The van der Waals surface area contributed by atoms with E-state index in [1.54, 1.807) is 37.3 Å². The second kappa shape index (κ2) is 8.41. The van der Waals surface area contributed by atoms with Gasteiger partial charge in [-0.2, -0.15) is 0 Å². The first-order valence-electron chi connectivity index (χ1n) is 12.8. The molecule has 2 bridgehead atoms. The fourth-order valence-electron chi connectivity index (χ4n) is 7.81. The van der Waals surface area contributed by atoms with E-state index < -0.39 is 41.7 Å². The number of hydrogen-bond acceptors (Lipinski definition) is 8. The van der Waals surface area contributed by atoms with Gasteiger partial charge in [0.05, 0.1) is 26.2 Å². The van der Waals surface area contributed by atoms with E-state index in [1.165, 1.54) is 14.2 Å². The number of esters is 1. The average Bonchev–Trinajstić information content (AvgIpc) is 3.36. The molecule has 1 aromatic carbocycles. The van der Waals surface area contributed by atoms with Gasteiger partial charge in [-0.05, 0) is 59.8 Å². The van der Waals surface area contributed by atoms with Crippen molar-refractivity contribution in [3.05, 3.63) is 47.1 Å². The maximum atomic E-state index is 14.4. The van der Waals surface area contributed by atoms with E-state index in [9.17, 15) is 24.9 Å². The number of ether oxygens (including phenoxy) is 3. The molecule has 4 aliphatic rings. The Balaban J connectivity index is 1.64. The molecule has 0 aliphatic heterocycles. The van der Waals surface area contributed by atoms with Crippen molar-refractivity contribution in [2.75, 3.05) is 20.8 Å². The summed E-state index contributed by atoms with van der Waals surface area (Å²) in [6, 6.07) is 4.86. The van der Waals surface area contributed by atoms with Crippen LogP contribution in [0, 0.1) is 34.5 Å². The molecule has 0 heterocycles. The van der Waals surface area contributed by atoms with Crippen LogP contribution >= 0.6 is 0 Å². The highest BCUT2D eigenvalue weighted by Crippen LogP contribution is 2.71. The highest BCUT2D eigenvalue weighted by molar-refractivity contribution is 5.97. The maximum Gasteiger partial charge on any atom is 0.346 e. The van der Waals surface area contributed by atoms with E-state index in [0.29, 0.717) is 12.0 Å². The zero-order valence-corrected chi connectivity index (χ0v) is 22.1. The normalized spacial score (nSPS) is 39.3. The number of methoxy groups -OCH3 is 2. The molecule has 2 fully saturated rings. The molecule has 1 aromatic rings. The van der Waals surface area contributed by atoms with E-state index in [0.717, 1.165) is 0 Å². The second-order valence-corrected chi connectivity index (χ2v) is 11.7. The lowest BCUT2D eigenvalue weighted by molar-refractivity contribution is -0.190. The standard InChI is InChI=1S/C29H36O8/c1-14-12-28-15(2)10-18-22(27(18,3)4)17(24(28)32)11-16(13-30)23(31)29(28,34)25(14)37-26(33)21-19(35-5)8-7-9-20(21)36-6/h7-9,11-12,15,17-18,22-23,25,30-31,34H,10,13H2,1-6H3/t15-,17+,18-,22+,23-,25+,28+,29+/m1/s1. The average molecular weight is 513 g/mol. The number of allylic oxidation sites excluding steroid dienone is 1. The predicted molar refractivity (Wildman–Crippen MR) is 134 cm³/mol. The third kappa shape index (κ3) is 3.18. The summed E-state index contributed by atoms with van der Waals surface area (Å²) in [5.41, 5.74) is -3.10. The molecule has 200 valence electrons. The van der Waals surface area contributed by atoms with Crippen LogP contribution in [0.25, 0.3) is 0 Å². The minimum absolute atomic E-state index is 0.0343. The molecule has 2 saturated carbocycles. The third-order valence-corrected chi connectivity index (χ3v) is 9.75. The van der Waals surface area contributed by atoms with Gasteiger partial charge in [0.25, 0.3) is 0 Å². The number of aliphatic hydroxyl groups is 3. The molecule has 4 aliphatic carbocycles. The van der Waals surface area contributed by atoms with Gasteiger partial charge in [0.2, 0.25) is 0 Å². The van der Waals surface area contributed by atoms with Crippen molar-refractivity contribution in [1.29, 1.82) is 0 Å². The van der Waals surface area contributed by atoms with Gasteiger partial charge in [0.15, 0.2) is 17.5 Å². The van der Waals surface area contributed by atoms with Crippen molar-refractivity contribution in [3.8, 4) is 11.5 Å². The van der Waals surface area contributed by atoms with Crippen LogP contribution in [0.1, 0.15) is 44.5 Å². The van der Waals surface area contributed by atoms with E-state index in [1.807, 2.05) is 6.92 Å². The molecule has 8 atom stereocenters. The Morgan fingerprint density at radius 3 is 2.35 bits per heavy atom. The fraction of sp³-hybridized carbons (Fsp3) is 0.586. The molecular formula is C29H36O8. The zero-order chi connectivity index (χ0) is 27.1. The molecule has 3 N–H and O–H groups in total. The molecule has 0 amide bonds. The number of fused-ring (bicyclic) bond motifs is 3. The second-order valence-electron chi connectivity index (χ2n) is 11.7. The molecule has 8 heteroatoms. The topological polar surface area (TPSA) is 123 Å². The van der Waals surface area contributed by atoms with Gasteiger partial charge >= 0.3 is 5.97 Å². The predicted octanol–water partition coefficient (Wildman–Crippen LogP) is 2.70. The largest absolute Gasteiger partial charge is 0.496 e. The number of Topliss-reactive ketones (excluding diaryl/α,β-unsaturated/α-hetero) is 1.